The first kappa shape index (κ1) is 25.4. The van der Waals surface area contributed by atoms with Crippen molar-refractivity contribution in [1.29, 1.82) is 5.26 Å². The maximum absolute atomic E-state index is 14.1. The minimum atomic E-state index is -0.396. The van der Waals surface area contributed by atoms with Gasteiger partial charge < -0.3 is 10.6 Å². The Morgan fingerprint density at radius 2 is 2.10 bits per heavy atom. The maximum atomic E-state index is 14.1. The number of nitrogens with zero attached hydrogens (tertiary/aromatic N) is 3. The standard InChI is InChI=1S/C23H27ClFN5.HI/c1-27-23(28-14-18-9-8-16(13-26)11-21(18)25)29-15-19-6-4-10-30(2)22(19)17-5-3-7-20(24)12-17;/h3,5,7-9,11-12,19,22H,4,6,10,14-15H2,1-2H3,(H2,27,28,29);1H. The van der Waals surface area contributed by atoms with Crippen molar-refractivity contribution in [2.75, 3.05) is 27.2 Å². The summed E-state index contributed by atoms with van der Waals surface area (Å²) in [6.07, 6.45) is 2.25. The van der Waals surface area contributed by atoms with Gasteiger partial charge >= 0.3 is 0 Å². The number of halogens is 3. The van der Waals surface area contributed by atoms with Crippen LogP contribution < -0.4 is 10.6 Å². The summed E-state index contributed by atoms with van der Waals surface area (Å²) in [7, 11) is 3.85. The Hall–Kier alpha value is -1.89. The number of piperidine rings is 1. The van der Waals surface area contributed by atoms with Crippen LogP contribution >= 0.6 is 35.6 Å². The summed E-state index contributed by atoms with van der Waals surface area (Å²) in [4.78, 5) is 6.65. The van der Waals surface area contributed by atoms with Gasteiger partial charge in [0.1, 0.15) is 5.82 Å². The Morgan fingerprint density at radius 3 is 2.77 bits per heavy atom. The van der Waals surface area contributed by atoms with Crippen molar-refractivity contribution in [3.05, 3.63) is 70.0 Å². The van der Waals surface area contributed by atoms with Crippen molar-refractivity contribution in [2.45, 2.75) is 25.4 Å². The molecule has 2 aromatic carbocycles. The molecule has 1 fully saturated rings. The van der Waals surface area contributed by atoms with E-state index < -0.39 is 5.82 Å². The zero-order valence-corrected chi connectivity index (χ0v) is 20.8. The largest absolute Gasteiger partial charge is 0.356 e. The number of hydrogen-bond acceptors (Lipinski definition) is 3. The monoisotopic (exact) mass is 555 g/mol. The topological polar surface area (TPSA) is 63.5 Å². The van der Waals surface area contributed by atoms with Crippen LogP contribution in [0.4, 0.5) is 4.39 Å². The number of aliphatic imine (C=N–C) groups is 1. The summed E-state index contributed by atoms with van der Waals surface area (Å²) in [5.74, 6) is 0.621. The molecule has 0 saturated carbocycles. The van der Waals surface area contributed by atoms with E-state index >= 15 is 0 Å². The zero-order valence-electron chi connectivity index (χ0n) is 17.7. The predicted octanol–water partition coefficient (Wildman–Crippen LogP) is 4.72. The second-order valence-corrected chi connectivity index (χ2v) is 8.04. The highest BCUT2D eigenvalue weighted by Gasteiger charge is 2.30. The molecule has 2 N–H and O–H groups in total. The second kappa shape index (κ2) is 12.2. The van der Waals surface area contributed by atoms with E-state index in [4.69, 9.17) is 16.9 Å². The molecule has 0 aliphatic carbocycles. The van der Waals surface area contributed by atoms with Gasteiger partial charge in [0.05, 0.1) is 11.6 Å². The summed E-state index contributed by atoms with van der Waals surface area (Å²) < 4.78 is 14.1. The number of hydrogen-bond donors (Lipinski definition) is 2. The highest BCUT2D eigenvalue weighted by Crippen LogP contribution is 2.35. The number of rotatable bonds is 5. The number of guanidine groups is 1. The summed E-state index contributed by atoms with van der Waals surface area (Å²) >= 11 is 6.23. The molecular formula is C23H28ClFIN5. The van der Waals surface area contributed by atoms with E-state index in [0.29, 0.717) is 29.5 Å². The fourth-order valence-corrected chi connectivity index (χ4v) is 4.28. The fourth-order valence-electron chi connectivity index (χ4n) is 4.08. The van der Waals surface area contributed by atoms with Gasteiger partial charge in [0, 0.05) is 36.8 Å². The quantitative estimate of drug-likeness (QED) is 0.319. The molecule has 31 heavy (non-hydrogen) atoms. The maximum Gasteiger partial charge on any atom is 0.191 e. The number of nitrogens with one attached hydrogen (secondary N) is 2. The number of nitriles is 1. The highest BCUT2D eigenvalue weighted by molar-refractivity contribution is 14.0. The summed E-state index contributed by atoms with van der Waals surface area (Å²) in [6, 6.07) is 14.8. The van der Waals surface area contributed by atoms with Gasteiger partial charge in [-0.05, 0) is 62.2 Å². The van der Waals surface area contributed by atoms with Crippen LogP contribution in [0.25, 0.3) is 0 Å². The number of likely N-dealkylation sites (tertiary alicyclic amines) is 1. The zero-order chi connectivity index (χ0) is 21.5. The van der Waals surface area contributed by atoms with E-state index in [-0.39, 0.29) is 30.0 Å². The van der Waals surface area contributed by atoms with Crippen molar-refractivity contribution in [3.63, 3.8) is 0 Å². The highest BCUT2D eigenvalue weighted by atomic mass is 127. The molecule has 1 aliphatic heterocycles. The average Bonchev–Trinajstić information content (AvgIpc) is 2.74. The first-order valence-electron chi connectivity index (χ1n) is 10.1. The molecule has 0 amide bonds. The lowest BCUT2D eigenvalue weighted by molar-refractivity contribution is 0.122. The van der Waals surface area contributed by atoms with Gasteiger partial charge in [-0.15, -0.1) is 24.0 Å². The van der Waals surface area contributed by atoms with Crippen molar-refractivity contribution in [1.82, 2.24) is 15.5 Å². The minimum Gasteiger partial charge on any atom is -0.356 e. The van der Waals surface area contributed by atoms with Crippen molar-refractivity contribution >= 4 is 41.5 Å². The Kier molecular flexibility index (Phi) is 10.0. The lowest BCUT2D eigenvalue weighted by atomic mass is 9.85. The Labute approximate surface area is 205 Å². The first-order valence-corrected chi connectivity index (χ1v) is 10.5. The van der Waals surface area contributed by atoms with Gasteiger partial charge in [-0.1, -0.05) is 29.8 Å². The van der Waals surface area contributed by atoms with E-state index in [1.165, 1.54) is 11.6 Å². The lowest BCUT2D eigenvalue weighted by Gasteiger charge is -2.40. The molecule has 0 radical (unpaired) electrons. The van der Waals surface area contributed by atoms with Crippen molar-refractivity contribution < 1.29 is 4.39 Å². The third kappa shape index (κ3) is 6.79. The first-order chi connectivity index (χ1) is 14.5. The molecule has 2 unspecified atom stereocenters. The van der Waals surface area contributed by atoms with Crippen molar-refractivity contribution in [3.8, 4) is 6.07 Å². The molecule has 0 bridgehead atoms. The summed E-state index contributed by atoms with van der Waals surface area (Å²) in [6.45, 7) is 2.09. The van der Waals surface area contributed by atoms with E-state index in [1.807, 2.05) is 24.3 Å². The second-order valence-electron chi connectivity index (χ2n) is 7.61. The van der Waals surface area contributed by atoms with Crippen LogP contribution in [0, 0.1) is 23.1 Å². The van der Waals surface area contributed by atoms with Crippen molar-refractivity contribution in [2.24, 2.45) is 10.9 Å². The molecule has 1 heterocycles. The Bertz CT molecular complexity index is 946. The smallest absolute Gasteiger partial charge is 0.191 e. The van der Waals surface area contributed by atoms with Gasteiger partial charge in [-0.2, -0.15) is 5.26 Å². The lowest BCUT2D eigenvalue weighted by Crippen LogP contribution is -2.44. The third-order valence-electron chi connectivity index (χ3n) is 5.58. The van der Waals surface area contributed by atoms with Crippen LogP contribution in [0.3, 0.4) is 0 Å². The van der Waals surface area contributed by atoms with E-state index in [9.17, 15) is 4.39 Å². The molecule has 2 aromatic rings. The van der Waals surface area contributed by atoms with Crippen LogP contribution in [0.2, 0.25) is 5.02 Å². The van der Waals surface area contributed by atoms with Gasteiger partial charge in [-0.25, -0.2) is 4.39 Å². The SMILES string of the molecule is CN=C(NCc1ccc(C#N)cc1F)NCC1CCCN(C)C1c1cccc(Cl)c1.I. The van der Waals surface area contributed by atoms with Crippen LogP contribution in [-0.2, 0) is 6.54 Å². The molecular weight excluding hydrogens is 528 g/mol. The third-order valence-corrected chi connectivity index (χ3v) is 5.82. The van der Waals surface area contributed by atoms with Crippen LogP contribution in [0.1, 0.15) is 35.6 Å². The summed E-state index contributed by atoms with van der Waals surface area (Å²) in [5.41, 5.74) is 2.03. The number of benzene rings is 2. The molecule has 8 heteroatoms. The van der Waals surface area contributed by atoms with Gasteiger partial charge in [-0.3, -0.25) is 9.89 Å². The fraction of sp³-hybridized carbons (Fsp3) is 0.391. The van der Waals surface area contributed by atoms with Crippen LogP contribution in [0.15, 0.2) is 47.5 Å². The minimum absolute atomic E-state index is 0. The van der Waals surface area contributed by atoms with Crippen LogP contribution in [0.5, 0.6) is 0 Å². The van der Waals surface area contributed by atoms with E-state index in [2.05, 4.69) is 33.6 Å². The average molecular weight is 556 g/mol. The van der Waals surface area contributed by atoms with Gasteiger partial charge in [0.15, 0.2) is 5.96 Å². The van der Waals surface area contributed by atoms with E-state index in [0.717, 1.165) is 31.0 Å². The van der Waals surface area contributed by atoms with Gasteiger partial charge in [0.2, 0.25) is 0 Å². The summed E-state index contributed by atoms with van der Waals surface area (Å²) in [5, 5.41) is 16.2. The Balaban J connectivity index is 0.00000341. The Morgan fingerprint density at radius 1 is 1.29 bits per heavy atom. The molecule has 1 aliphatic rings. The van der Waals surface area contributed by atoms with Crippen LogP contribution in [-0.4, -0.2) is 38.0 Å². The molecule has 5 nitrogen and oxygen atoms in total. The molecule has 1 saturated heterocycles. The van der Waals surface area contributed by atoms with Gasteiger partial charge in [0.25, 0.3) is 0 Å². The molecule has 166 valence electrons. The normalized spacial score (nSPS) is 19.3. The molecule has 0 aromatic heterocycles. The predicted molar refractivity (Wildman–Crippen MR) is 134 cm³/mol. The molecule has 0 spiro atoms. The molecule has 2 atom stereocenters. The van der Waals surface area contributed by atoms with E-state index in [1.54, 1.807) is 19.2 Å². The molecule has 3 rings (SSSR count).